The second kappa shape index (κ2) is 9.59. The van der Waals surface area contributed by atoms with E-state index in [2.05, 4.69) is 30.1 Å². The van der Waals surface area contributed by atoms with Gasteiger partial charge in [0.2, 0.25) is 0 Å². The first-order valence-electron chi connectivity index (χ1n) is 12.2. The smallest absolute Gasteiger partial charge is 0.321 e. The number of thiophene rings is 1. The van der Waals surface area contributed by atoms with E-state index in [-0.39, 0.29) is 6.03 Å². The number of nitriles is 1. The minimum Gasteiger partial charge on any atom is -0.352 e. The van der Waals surface area contributed by atoms with Gasteiger partial charge in [-0.15, -0.1) is 11.3 Å². The number of urea groups is 1. The average molecular weight is 475 g/mol. The number of nitrogens with zero attached hydrogens (tertiary/aromatic N) is 5. The van der Waals surface area contributed by atoms with Gasteiger partial charge in [-0.05, 0) is 55.4 Å². The van der Waals surface area contributed by atoms with Crippen molar-refractivity contribution in [1.82, 2.24) is 14.9 Å². The molecule has 0 bridgehead atoms. The van der Waals surface area contributed by atoms with E-state index in [1.165, 1.54) is 22.2 Å². The Morgan fingerprint density at radius 1 is 1.26 bits per heavy atom. The molecular weight excluding hydrogens is 444 g/mol. The molecule has 0 unspecified atom stereocenters. The molecule has 1 N–H and O–H groups in total. The van der Waals surface area contributed by atoms with Gasteiger partial charge in [0.15, 0.2) is 0 Å². The molecule has 1 aliphatic carbocycles. The molecule has 5 rings (SSSR count). The van der Waals surface area contributed by atoms with E-state index < -0.39 is 0 Å². The van der Waals surface area contributed by atoms with Crippen LogP contribution in [0, 0.1) is 17.2 Å². The lowest BCUT2D eigenvalue weighted by Crippen LogP contribution is -2.50. The molecule has 3 heterocycles. The number of aromatic nitrogens is 2. The van der Waals surface area contributed by atoms with E-state index in [0.717, 1.165) is 61.2 Å². The molecule has 1 fully saturated rings. The van der Waals surface area contributed by atoms with Crippen LogP contribution in [0.15, 0.2) is 24.3 Å². The second-order valence-electron chi connectivity index (χ2n) is 9.34. The third-order valence-corrected chi connectivity index (χ3v) is 7.91. The highest BCUT2D eigenvalue weighted by atomic mass is 32.1. The quantitative estimate of drug-likeness (QED) is 0.575. The number of anilines is 2. The van der Waals surface area contributed by atoms with Gasteiger partial charge in [-0.2, -0.15) is 5.26 Å². The molecule has 1 saturated heterocycles. The fraction of sp³-hybridized carbons (Fsp3) is 0.462. The molecule has 2 aromatic heterocycles. The van der Waals surface area contributed by atoms with Crippen molar-refractivity contribution in [2.45, 2.75) is 46.0 Å². The van der Waals surface area contributed by atoms with E-state index in [1.54, 1.807) is 18.2 Å². The summed E-state index contributed by atoms with van der Waals surface area (Å²) in [4.78, 5) is 29.6. The van der Waals surface area contributed by atoms with Gasteiger partial charge in [-0.3, -0.25) is 0 Å². The van der Waals surface area contributed by atoms with Crippen LogP contribution < -0.4 is 10.2 Å². The number of nitrogens with one attached hydrogen (secondary N) is 1. The summed E-state index contributed by atoms with van der Waals surface area (Å²) in [6, 6.07) is 9.00. The topological polar surface area (TPSA) is 85.2 Å². The Kier molecular flexibility index (Phi) is 6.38. The maximum Gasteiger partial charge on any atom is 0.321 e. The SMILES string of the molecule is CCCc1nc(N2CCN(C(=O)Nc3cccc(C#N)c3)CC2)c2c3c(sc2n1)C[C@@H](C)CC3. The molecular formula is C26H30N6OS. The van der Waals surface area contributed by atoms with Crippen molar-refractivity contribution < 1.29 is 4.79 Å². The Labute approximate surface area is 204 Å². The monoisotopic (exact) mass is 474 g/mol. The Morgan fingerprint density at radius 3 is 2.85 bits per heavy atom. The summed E-state index contributed by atoms with van der Waals surface area (Å²) in [5.74, 6) is 2.71. The average Bonchev–Trinajstić information content (AvgIpc) is 3.21. The first kappa shape index (κ1) is 22.6. The predicted octanol–water partition coefficient (Wildman–Crippen LogP) is 4.99. The Balaban J connectivity index is 1.35. The normalized spacial score (nSPS) is 18.0. The van der Waals surface area contributed by atoms with Crippen molar-refractivity contribution in [2.24, 2.45) is 5.92 Å². The van der Waals surface area contributed by atoms with Gasteiger partial charge in [0.05, 0.1) is 17.0 Å². The highest BCUT2D eigenvalue weighted by Crippen LogP contribution is 2.41. The highest BCUT2D eigenvalue weighted by Gasteiger charge is 2.28. The fourth-order valence-corrected chi connectivity index (χ4v) is 6.32. The van der Waals surface area contributed by atoms with E-state index in [9.17, 15) is 4.79 Å². The first-order valence-corrected chi connectivity index (χ1v) is 13.0. The number of carbonyl (C=O) groups excluding carboxylic acids is 1. The second-order valence-corrected chi connectivity index (χ2v) is 10.4. The van der Waals surface area contributed by atoms with Crippen LogP contribution in [0.3, 0.4) is 0 Å². The molecule has 8 heteroatoms. The summed E-state index contributed by atoms with van der Waals surface area (Å²) >= 11 is 1.86. The fourth-order valence-electron chi connectivity index (χ4n) is 4.92. The van der Waals surface area contributed by atoms with Crippen LogP contribution in [0.25, 0.3) is 10.2 Å². The van der Waals surface area contributed by atoms with E-state index in [4.69, 9.17) is 15.2 Å². The summed E-state index contributed by atoms with van der Waals surface area (Å²) in [6.45, 7) is 7.24. The molecule has 1 atom stereocenters. The molecule has 176 valence electrons. The molecule has 34 heavy (non-hydrogen) atoms. The van der Waals surface area contributed by atoms with Crippen LogP contribution in [0.2, 0.25) is 0 Å². The van der Waals surface area contributed by atoms with E-state index in [0.29, 0.717) is 24.3 Å². The first-order chi connectivity index (χ1) is 16.6. The van der Waals surface area contributed by atoms with Crippen LogP contribution in [0.4, 0.5) is 16.3 Å². The third kappa shape index (κ3) is 4.45. The Morgan fingerprint density at radius 2 is 2.09 bits per heavy atom. The standard InChI is InChI=1S/C26H30N6OS/c1-3-5-22-29-24(23-20-9-8-17(2)14-21(20)34-25(23)30-22)31-10-12-32(13-11-31)26(33)28-19-7-4-6-18(15-19)16-27/h4,6-7,15,17H,3,5,8-14H2,1-2H3,(H,28,33)/t17-/m0/s1. The lowest BCUT2D eigenvalue weighted by Gasteiger charge is -2.36. The van der Waals surface area contributed by atoms with Gasteiger partial charge in [0.1, 0.15) is 16.5 Å². The molecule has 2 amide bonds. The van der Waals surface area contributed by atoms with Crippen molar-refractivity contribution in [2.75, 3.05) is 36.4 Å². The third-order valence-electron chi connectivity index (χ3n) is 6.77. The van der Waals surface area contributed by atoms with Gasteiger partial charge < -0.3 is 15.1 Å². The van der Waals surface area contributed by atoms with Crippen LogP contribution in [-0.4, -0.2) is 47.1 Å². The lowest BCUT2D eigenvalue weighted by atomic mass is 9.89. The summed E-state index contributed by atoms with van der Waals surface area (Å²) in [6.07, 6.45) is 5.36. The zero-order valence-corrected chi connectivity index (χ0v) is 20.6. The molecule has 1 aliphatic heterocycles. The molecule has 0 radical (unpaired) electrons. The molecule has 3 aromatic rings. The zero-order chi connectivity index (χ0) is 23.7. The van der Waals surface area contributed by atoms with Gasteiger partial charge in [-0.1, -0.05) is 19.9 Å². The number of amides is 2. The summed E-state index contributed by atoms with van der Waals surface area (Å²) in [5, 5.41) is 13.3. The Hall–Kier alpha value is -3.18. The highest BCUT2D eigenvalue weighted by molar-refractivity contribution is 7.19. The van der Waals surface area contributed by atoms with Crippen molar-refractivity contribution in [3.05, 3.63) is 46.1 Å². The van der Waals surface area contributed by atoms with E-state index >= 15 is 0 Å². The maximum atomic E-state index is 12.8. The Bertz CT molecular complexity index is 1250. The van der Waals surface area contributed by atoms with Gasteiger partial charge in [0.25, 0.3) is 0 Å². The van der Waals surface area contributed by atoms with Crippen LogP contribution in [-0.2, 0) is 19.3 Å². The molecule has 7 nitrogen and oxygen atoms in total. The van der Waals surface area contributed by atoms with Crippen molar-refractivity contribution in [3.63, 3.8) is 0 Å². The van der Waals surface area contributed by atoms with Crippen molar-refractivity contribution >= 4 is 39.1 Å². The number of rotatable bonds is 4. The number of hydrogen-bond acceptors (Lipinski definition) is 6. The number of benzene rings is 1. The lowest BCUT2D eigenvalue weighted by molar-refractivity contribution is 0.208. The molecule has 0 saturated carbocycles. The predicted molar refractivity (Wildman–Crippen MR) is 137 cm³/mol. The summed E-state index contributed by atoms with van der Waals surface area (Å²) in [5.41, 5.74) is 2.63. The maximum absolute atomic E-state index is 12.8. The largest absolute Gasteiger partial charge is 0.352 e. The van der Waals surface area contributed by atoms with Gasteiger partial charge in [0, 0.05) is 43.2 Å². The van der Waals surface area contributed by atoms with Crippen molar-refractivity contribution in [3.8, 4) is 6.07 Å². The van der Waals surface area contributed by atoms with Crippen LogP contribution in [0.1, 0.15) is 48.5 Å². The van der Waals surface area contributed by atoms with Crippen LogP contribution in [0.5, 0.6) is 0 Å². The minimum atomic E-state index is -0.129. The van der Waals surface area contributed by atoms with Crippen molar-refractivity contribution in [1.29, 1.82) is 5.26 Å². The minimum absolute atomic E-state index is 0.129. The summed E-state index contributed by atoms with van der Waals surface area (Å²) < 4.78 is 0. The number of carbonyl (C=O) groups is 1. The van der Waals surface area contributed by atoms with Gasteiger partial charge >= 0.3 is 6.03 Å². The molecule has 1 aromatic carbocycles. The number of fused-ring (bicyclic) bond motifs is 3. The molecule has 2 aliphatic rings. The summed E-state index contributed by atoms with van der Waals surface area (Å²) in [7, 11) is 0. The van der Waals surface area contributed by atoms with Gasteiger partial charge in [-0.25, -0.2) is 14.8 Å². The number of hydrogen-bond donors (Lipinski definition) is 1. The molecule has 0 spiro atoms. The van der Waals surface area contributed by atoms with E-state index in [1.807, 2.05) is 22.3 Å². The van der Waals surface area contributed by atoms with Crippen LogP contribution >= 0.6 is 11.3 Å². The number of aryl methyl sites for hydroxylation is 2. The number of piperazine rings is 1. The zero-order valence-electron chi connectivity index (χ0n) is 19.8.